The summed E-state index contributed by atoms with van der Waals surface area (Å²) in [7, 11) is -5.33. The van der Waals surface area contributed by atoms with Crippen molar-refractivity contribution in [3.05, 3.63) is 65.5 Å². The Morgan fingerprint density at radius 1 is 1.10 bits per heavy atom. The number of hydrogen-bond donors (Lipinski definition) is 3. The van der Waals surface area contributed by atoms with Crippen LogP contribution in [0.3, 0.4) is 0 Å². The summed E-state index contributed by atoms with van der Waals surface area (Å²) in [5.41, 5.74) is -0.944. The monoisotopic (exact) mass is 629 g/mol. The lowest BCUT2D eigenvalue weighted by Crippen LogP contribution is -2.39. The van der Waals surface area contributed by atoms with Gasteiger partial charge in [0.1, 0.15) is 17.2 Å². The number of pyridine rings is 1. The zero-order valence-corrected chi connectivity index (χ0v) is 25.5. The van der Waals surface area contributed by atoms with Crippen LogP contribution in [-0.2, 0) is 37.4 Å². The minimum atomic E-state index is -4.78. The Bertz CT molecular complexity index is 1530. The fourth-order valence-electron chi connectivity index (χ4n) is 4.67. The van der Waals surface area contributed by atoms with Gasteiger partial charge in [0.15, 0.2) is 5.60 Å². The topological polar surface area (TPSA) is 147 Å². The predicted octanol–water partition coefficient (Wildman–Crippen LogP) is 5.82. The molecule has 0 spiro atoms. The average molecular weight is 630 g/mol. The van der Waals surface area contributed by atoms with Crippen LogP contribution in [0, 0.1) is 11.8 Å². The van der Waals surface area contributed by atoms with Crippen molar-refractivity contribution in [1.82, 2.24) is 15.0 Å². The van der Waals surface area contributed by atoms with Crippen molar-refractivity contribution in [2.24, 2.45) is 11.8 Å². The lowest BCUT2D eigenvalue weighted by Gasteiger charge is -2.36. The Morgan fingerprint density at radius 3 is 2.33 bits per heavy atom. The molecule has 0 radical (unpaired) electrons. The largest absolute Gasteiger partial charge is 0.695 e. The van der Waals surface area contributed by atoms with Gasteiger partial charge in [-0.25, -0.2) is 18.4 Å². The highest BCUT2D eigenvalue weighted by Gasteiger charge is 2.48. The Morgan fingerprint density at radius 2 is 1.76 bits per heavy atom. The number of benzene rings is 1. The summed E-state index contributed by atoms with van der Waals surface area (Å²) in [6.45, 7) is 7.21. The minimum absolute atomic E-state index is 0.0518. The van der Waals surface area contributed by atoms with E-state index in [2.05, 4.69) is 25.6 Å². The molecule has 2 aromatic heterocycles. The van der Waals surface area contributed by atoms with Crippen LogP contribution in [0.1, 0.15) is 44.4 Å². The van der Waals surface area contributed by atoms with Gasteiger partial charge in [0, 0.05) is 41.8 Å². The molecule has 0 saturated carbocycles. The number of sulfonamides is 1. The van der Waals surface area contributed by atoms with Crippen molar-refractivity contribution >= 4 is 41.5 Å². The number of halogens is 3. The van der Waals surface area contributed by atoms with Crippen LogP contribution in [0.25, 0.3) is 0 Å². The van der Waals surface area contributed by atoms with E-state index in [1.54, 1.807) is 24.3 Å². The van der Waals surface area contributed by atoms with Gasteiger partial charge in [0.2, 0.25) is 16.0 Å². The summed E-state index contributed by atoms with van der Waals surface area (Å²) in [5.74, 6) is -1.06. The van der Waals surface area contributed by atoms with Gasteiger partial charge in [-0.2, -0.15) is 18.2 Å². The number of hydrogen-bond acceptors (Lipinski definition) is 9. The van der Waals surface area contributed by atoms with Crippen LogP contribution in [-0.4, -0.2) is 41.6 Å². The first-order valence-electron chi connectivity index (χ1n) is 12.8. The summed E-state index contributed by atoms with van der Waals surface area (Å²) in [4.78, 5) is 21.6. The Hall–Kier alpha value is -3.39. The molecule has 1 unspecified atom stereocenters. The molecule has 0 aliphatic carbocycles. The van der Waals surface area contributed by atoms with E-state index < -0.39 is 41.4 Å². The first-order chi connectivity index (χ1) is 19.5. The third-order valence-corrected chi connectivity index (χ3v) is 8.34. The second-order valence-corrected chi connectivity index (χ2v) is 12.8. The molecule has 42 heavy (non-hydrogen) atoms. The van der Waals surface area contributed by atoms with Gasteiger partial charge >= 0.3 is 14.4 Å². The minimum Gasteiger partial charge on any atom is -0.365 e. The van der Waals surface area contributed by atoms with Crippen molar-refractivity contribution in [3.8, 4) is 0 Å². The quantitative estimate of drug-likeness (QED) is 0.210. The van der Waals surface area contributed by atoms with Crippen molar-refractivity contribution < 1.29 is 35.6 Å². The van der Waals surface area contributed by atoms with E-state index in [1.807, 2.05) is 27.7 Å². The molecule has 0 fully saturated rings. The zero-order valence-electron chi connectivity index (χ0n) is 23.8. The maximum absolute atomic E-state index is 13.8. The maximum atomic E-state index is 13.8. The van der Waals surface area contributed by atoms with Gasteiger partial charge in [0.05, 0.1) is 6.26 Å². The van der Waals surface area contributed by atoms with Crippen LogP contribution in [0.15, 0.2) is 48.8 Å². The number of nitrogens with one attached hydrogen (secondary N) is 2. The zero-order chi connectivity index (χ0) is 31.5. The molecule has 1 atom stereocenters. The van der Waals surface area contributed by atoms with Crippen molar-refractivity contribution in [2.45, 2.75) is 46.0 Å². The highest BCUT2D eigenvalue weighted by molar-refractivity contribution is 7.92. The predicted molar refractivity (Wildman–Crippen MR) is 154 cm³/mol. The van der Waals surface area contributed by atoms with Gasteiger partial charge in [-0.15, -0.1) is 9.42 Å². The van der Waals surface area contributed by atoms with Crippen LogP contribution in [0.5, 0.6) is 0 Å². The maximum Gasteiger partial charge on any atom is 0.695 e. The van der Waals surface area contributed by atoms with Gasteiger partial charge < -0.3 is 10.6 Å². The Labute approximate surface area is 243 Å². The number of anilines is 4. The summed E-state index contributed by atoms with van der Waals surface area (Å²) in [5, 5.41) is 5.54. The molecular weight excluding hydrogens is 596 g/mol. The van der Waals surface area contributed by atoms with Gasteiger partial charge in [-0.1, -0.05) is 45.9 Å². The van der Waals surface area contributed by atoms with E-state index >= 15 is 0 Å². The van der Waals surface area contributed by atoms with Crippen LogP contribution in [0.4, 0.5) is 36.4 Å². The molecule has 0 aliphatic rings. The van der Waals surface area contributed by atoms with Gasteiger partial charge in [0.25, 0.3) is 0 Å². The van der Waals surface area contributed by atoms with Gasteiger partial charge in [-0.3, -0.25) is 4.31 Å². The summed E-state index contributed by atoms with van der Waals surface area (Å²) < 4.78 is 83.8. The van der Waals surface area contributed by atoms with Crippen LogP contribution >= 0.6 is 8.25 Å². The molecule has 2 heterocycles. The molecule has 16 heteroatoms. The van der Waals surface area contributed by atoms with Crippen LogP contribution in [0.2, 0.25) is 0 Å². The molecule has 1 aromatic carbocycles. The first-order valence-corrected chi connectivity index (χ1v) is 15.7. The van der Waals surface area contributed by atoms with E-state index in [4.69, 9.17) is 4.52 Å². The fraction of sp³-hybridized carbons (Fsp3) is 0.423. The molecule has 0 saturated heterocycles. The van der Waals surface area contributed by atoms with Crippen molar-refractivity contribution in [3.63, 3.8) is 0 Å². The van der Waals surface area contributed by atoms with E-state index in [0.29, 0.717) is 23.0 Å². The van der Waals surface area contributed by atoms with E-state index in [1.165, 1.54) is 25.4 Å². The van der Waals surface area contributed by atoms with Crippen molar-refractivity contribution in [2.75, 3.05) is 28.2 Å². The summed E-state index contributed by atoms with van der Waals surface area (Å²) in [6.07, 6.45) is -1.78. The molecule has 3 aromatic rings. The molecule has 0 bridgehead atoms. The van der Waals surface area contributed by atoms with E-state index in [9.17, 15) is 31.0 Å². The van der Waals surface area contributed by atoms with Gasteiger partial charge in [-0.05, 0) is 35.6 Å². The molecule has 11 nitrogen and oxygen atoms in total. The number of aromatic nitrogens is 3. The SMILES string of the molecule is CC(C)C(O[P+](=O)O)(c1cccc(Nc2ncc(C(F)(F)F)c(NCc3cccnc3N(C)S(C)(=O)=O)n2)c1)C(C)C. The molecule has 3 N–H and O–H groups in total. The molecule has 0 amide bonds. The third kappa shape index (κ3) is 7.51. The van der Waals surface area contributed by atoms with Crippen molar-refractivity contribution in [1.29, 1.82) is 0 Å². The van der Waals surface area contributed by atoms with E-state index in [-0.39, 0.29) is 30.1 Å². The lowest BCUT2D eigenvalue weighted by molar-refractivity contribution is -0.137. The standard InChI is InChI=1S/C26H32F3N6O5PS/c1-16(2)25(17(3)4,40-41(36)37)19-10-7-11-20(13-19)33-24-32-15-21(26(27,28)29)22(34-24)31-14-18-9-8-12-30-23(18)35(5)42(6,38)39/h7-13,15-17H,14H2,1-6H3,(H2-,31,32,33,34,36,37)/p+1. The molecule has 0 aliphatic heterocycles. The summed E-state index contributed by atoms with van der Waals surface area (Å²) >= 11 is 0. The smallest absolute Gasteiger partial charge is 0.365 e. The molecule has 228 valence electrons. The second-order valence-electron chi connectivity index (χ2n) is 10.2. The fourth-order valence-corrected chi connectivity index (χ4v) is 5.93. The van der Waals surface area contributed by atoms with Crippen LogP contribution < -0.4 is 14.9 Å². The normalized spacial score (nSPS) is 12.9. The Balaban J connectivity index is 1.98. The first kappa shape index (κ1) is 33.1. The average Bonchev–Trinajstić information content (AvgIpc) is 2.89. The summed E-state index contributed by atoms with van der Waals surface area (Å²) in [6, 6.07) is 9.79. The Kier molecular flexibility index (Phi) is 10.1. The number of alkyl halides is 3. The number of nitrogens with zero attached hydrogens (tertiary/aromatic N) is 4. The molecule has 3 rings (SSSR count). The molecular formula is C26H33F3N6O5PS+. The highest BCUT2D eigenvalue weighted by atomic mass is 32.2. The lowest BCUT2D eigenvalue weighted by atomic mass is 9.75. The highest BCUT2D eigenvalue weighted by Crippen LogP contribution is 2.46. The van der Waals surface area contributed by atoms with E-state index in [0.717, 1.165) is 10.6 Å². The third-order valence-electron chi connectivity index (χ3n) is 6.72. The second kappa shape index (κ2) is 12.9. The number of rotatable bonds is 12.